The molecule has 2 nitrogen and oxygen atoms in total. The first kappa shape index (κ1) is 10.4. The third-order valence-electron chi connectivity index (χ3n) is 2.75. The van der Waals surface area contributed by atoms with Gasteiger partial charge in [-0.3, -0.25) is 0 Å². The molecule has 2 unspecified atom stereocenters. The van der Waals surface area contributed by atoms with Crippen LogP contribution in [0.3, 0.4) is 0 Å². The van der Waals surface area contributed by atoms with E-state index in [1.807, 2.05) is 19.2 Å². The molecule has 0 spiro atoms. The van der Waals surface area contributed by atoms with E-state index in [4.69, 9.17) is 0 Å². The van der Waals surface area contributed by atoms with Gasteiger partial charge in [-0.2, -0.15) is 0 Å². The Morgan fingerprint density at radius 3 is 2.67 bits per heavy atom. The molecule has 0 fully saturated rings. The third-order valence-corrected chi connectivity index (χ3v) is 2.75. The van der Waals surface area contributed by atoms with E-state index < -0.39 is 0 Å². The van der Waals surface area contributed by atoms with Crippen LogP contribution in [-0.4, -0.2) is 24.0 Å². The molecule has 0 radical (unpaired) electrons. The first-order valence-electron chi connectivity index (χ1n) is 5.33. The lowest BCUT2D eigenvalue weighted by Gasteiger charge is -2.25. The highest BCUT2D eigenvalue weighted by atomic mass is 16.7. The maximum absolute atomic E-state index is 4.64. The Labute approximate surface area is 91.1 Å². The number of aliphatic hydroxyl groups is 1. The maximum atomic E-state index is 4.64. The number of rotatable bonds is 2. The second kappa shape index (κ2) is 4.17. The van der Waals surface area contributed by atoms with Gasteiger partial charge < -0.3 is 4.84 Å². The Hall–Kier alpha value is -1.12. The predicted octanol–water partition coefficient (Wildman–Crippen LogP) is 2.40. The molecule has 1 aliphatic rings. The molecule has 0 saturated heterocycles. The van der Waals surface area contributed by atoms with Gasteiger partial charge in [0, 0.05) is 5.56 Å². The molecule has 1 aliphatic carbocycles. The molecule has 0 aromatic heterocycles. The monoisotopic (exact) mass is 204 g/mol. The minimum Gasteiger partial charge on any atom is -0.321 e. The van der Waals surface area contributed by atoms with Crippen LogP contribution < -0.4 is 0 Å². The summed E-state index contributed by atoms with van der Waals surface area (Å²) in [6, 6.07) is 8.48. The van der Waals surface area contributed by atoms with Crippen molar-refractivity contribution in [2.24, 2.45) is 5.92 Å². The summed E-state index contributed by atoms with van der Waals surface area (Å²) in [6.07, 6.45) is 4.70. The van der Waals surface area contributed by atoms with Crippen molar-refractivity contribution in [3.63, 3.8) is 0 Å². The van der Waals surface area contributed by atoms with Crippen molar-refractivity contribution < 1.29 is 4.84 Å². The minimum absolute atomic E-state index is 0.265. The van der Waals surface area contributed by atoms with Crippen LogP contribution >= 0.6 is 0 Å². The molecule has 1 aromatic carbocycles. The number of hydrogen-bond donors (Lipinski definition) is 0. The van der Waals surface area contributed by atoms with Gasteiger partial charge in [0.2, 0.25) is 6.10 Å². The van der Waals surface area contributed by atoms with Gasteiger partial charge in [-0.15, -0.1) is 0 Å². The SMILES string of the molecule is CC1C=Cc2ccccc2C1[OH+]N(C)C. The van der Waals surface area contributed by atoms with Crippen molar-refractivity contribution in [2.45, 2.75) is 13.0 Å². The van der Waals surface area contributed by atoms with E-state index in [0.717, 1.165) is 0 Å². The Kier molecular flexibility index (Phi) is 2.89. The van der Waals surface area contributed by atoms with Crippen LogP contribution in [0.5, 0.6) is 0 Å². The van der Waals surface area contributed by atoms with Crippen LogP contribution in [0, 0.1) is 5.92 Å². The van der Waals surface area contributed by atoms with Crippen molar-refractivity contribution in [3.8, 4) is 0 Å². The molecule has 1 N–H and O–H groups in total. The fraction of sp³-hybridized carbons (Fsp3) is 0.385. The largest absolute Gasteiger partial charge is 0.321 e. The van der Waals surface area contributed by atoms with E-state index in [0.29, 0.717) is 5.92 Å². The highest BCUT2D eigenvalue weighted by Gasteiger charge is 2.29. The van der Waals surface area contributed by atoms with E-state index in [9.17, 15) is 0 Å². The van der Waals surface area contributed by atoms with Gasteiger partial charge >= 0.3 is 0 Å². The lowest BCUT2D eigenvalue weighted by Crippen LogP contribution is -2.27. The fourth-order valence-corrected chi connectivity index (χ4v) is 1.99. The molecule has 0 aliphatic heterocycles. The van der Waals surface area contributed by atoms with Crippen LogP contribution in [0.2, 0.25) is 0 Å². The average molecular weight is 204 g/mol. The highest BCUT2D eigenvalue weighted by molar-refractivity contribution is 5.57. The van der Waals surface area contributed by atoms with Crippen molar-refractivity contribution in [2.75, 3.05) is 14.1 Å². The Balaban J connectivity index is 2.34. The lowest BCUT2D eigenvalue weighted by molar-refractivity contribution is -0.312. The van der Waals surface area contributed by atoms with E-state index in [1.165, 1.54) is 11.1 Å². The summed E-state index contributed by atoms with van der Waals surface area (Å²) in [7, 11) is 3.96. The van der Waals surface area contributed by atoms with Gasteiger partial charge in [-0.1, -0.05) is 48.4 Å². The summed E-state index contributed by atoms with van der Waals surface area (Å²) in [4.78, 5) is 4.64. The molecule has 0 bridgehead atoms. The first-order valence-corrected chi connectivity index (χ1v) is 5.33. The van der Waals surface area contributed by atoms with Gasteiger partial charge in [-0.05, 0) is 5.56 Å². The molecule has 2 atom stereocenters. The molecule has 15 heavy (non-hydrogen) atoms. The van der Waals surface area contributed by atoms with Gasteiger partial charge in [0.25, 0.3) is 0 Å². The molecular formula is C13H18NO+. The van der Waals surface area contributed by atoms with Crippen LogP contribution in [0.25, 0.3) is 6.08 Å². The molecule has 0 amide bonds. The Bertz CT molecular complexity index is 371. The predicted molar refractivity (Wildman–Crippen MR) is 63.3 cm³/mol. The van der Waals surface area contributed by atoms with Gasteiger partial charge in [0.05, 0.1) is 20.0 Å². The zero-order chi connectivity index (χ0) is 10.8. The quantitative estimate of drug-likeness (QED) is 0.533. The smallest absolute Gasteiger partial charge is 0.209 e. The van der Waals surface area contributed by atoms with Crippen LogP contribution in [0.1, 0.15) is 24.2 Å². The summed E-state index contributed by atoms with van der Waals surface area (Å²) in [5.74, 6) is 0.474. The van der Waals surface area contributed by atoms with Crippen molar-refractivity contribution >= 4 is 6.08 Å². The summed E-state index contributed by atoms with van der Waals surface area (Å²) in [6.45, 7) is 2.21. The third kappa shape index (κ3) is 2.11. The van der Waals surface area contributed by atoms with Crippen molar-refractivity contribution in [3.05, 3.63) is 41.5 Å². The molecule has 2 rings (SSSR count). The van der Waals surface area contributed by atoms with E-state index in [2.05, 4.69) is 48.2 Å². The molecule has 0 saturated carbocycles. The number of hydrogen-bond acceptors (Lipinski definition) is 1. The van der Waals surface area contributed by atoms with Gasteiger partial charge in [0.15, 0.2) is 0 Å². The zero-order valence-corrected chi connectivity index (χ0v) is 9.51. The highest BCUT2D eigenvalue weighted by Crippen LogP contribution is 2.33. The Morgan fingerprint density at radius 1 is 1.20 bits per heavy atom. The topological polar surface area (TPSA) is 16.0 Å². The molecular weight excluding hydrogens is 186 g/mol. The maximum Gasteiger partial charge on any atom is 0.209 e. The first-order chi connectivity index (χ1) is 7.18. The Morgan fingerprint density at radius 2 is 1.93 bits per heavy atom. The molecule has 80 valence electrons. The zero-order valence-electron chi connectivity index (χ0n) is 9.51. The normalized spacial score (nSPS) is 24.3. The van der Waals surface area contributed by atoms with Crippen LogP contribution in [0.4, 0.5) is 0 Å². The van der Waals surface area contributed by atoms with Crippen molar-refractivity contribution in [1.82, 2.24) is 5.06 Å². The number of hydroxylamine groups is 2. The van der Waals surface area contributed by atoms with E-state index >= 15 is 0 Å². The van der Waals surface area contributed by atoms with Crippen LogP contribution in [-0.2, 0) is 0 Å². The number of fused-ring (bicyclic) bond motifs is 1. The second-order valence-corrected chi connectivity index (χ2v) is 4.25. The second-order valence-electron chi connectivity index (χ2n) is 4.25. The lowest BCUT2D eigenvalue weighted by atomic mass is 9.88. The van der Waals surface area contributed by atoms with Crippen LogP contribution in [0.15, 0.2) is 30.3 Å². The van der Waals surface area contributed by atoms with E-state index in [-0.39, 0.29) is 6.10 Å². The van der Waals surface area contributed by atoms with E-state index in [1.54, 1.807) is 0 Å². The number of nitrogens with zero attached hydrogens (tertiary/aromatic N) is 1. The summed E-state index contributed by atoms with van der Waals surface area (Å²) >= 11 is 0. The van der Waals surface area contributed by atoms with Gasteiger partial charge in [0.1, 0.15) is 0 Å². The number of benzene rings is 1. The molecule has 1 aromatic rings. The summed E-state index contributed by atoms with van der Waals surface area (Å²) in [5.41, 5.74) is 2.63. The molecule has 2 heteroatoms. The van der Waals surface area contributed by atoms with Crippen molar-refractivity contribution in [1.29, 1.82) is 0 Å². The summed E-state index contributed by atoms with van der Waals surface area (Å²) in [5, 5.41) is 1.90. The van der Waals surface area contributed by atoms with Gasteiger partial charge in [-0.25, -0.2) is 0 Å². The minimum atomic E-state index is 0.265. The average Bonchev–Trinajstić information content (AvgIpc) is 2.22. The molecule has 0 heterocycles. The summed E-state index contributed by atoms with van der Waals surface area (Å²) < 4.78 is 0. The standard InChI is InChI=1S/C13H17NO/c1-10-8-9-11-6-4-5-7-12(11)13(10)15-14(2)3/h4-10,13H,1-3H3/p+1. The fourth-order valence-electron chi connectivity index (χ4n) is 1.99.